The van der Waals surface area contributed by atoms with Crippen LogP contribution in [-0.4, -0.2) is 44.5 Å². The first kappa shape index (κ1) is 27.7. The molecule has 0 spiro atoms. The zero-order chi connectivity index (χ0) is 24.3. The third-order valence-electron chi connectivity index (χ3n) is 7.01. The number of aliphatic hydroxyl groups is 2. The normalized spacial score (nSPS) is 15.2. The summed E-state index contributed by atoms with van der Waals surface area (Å²) >= 11 is 0. The summed E-state index contributed by atoms with van der Waals surface area (Å²) in [6.07, 6.45) is 1.56. The Morgan fingerprint density at radius 2 is 1.52 bits per heavy atom. The molecule has 2 aromatic rings. The number of benzene rings is 2. The van der Waals surface area contributed by atoms with Crippen LogP contribution in [0.25, 0.3) is 0 Å². The smallest absolute Gasteiger partial charge is 0.191 e. The second kappa shape index (κ2) is 13.4. The summed E-state index contributed by atoms with van der Waals surface area (Å²) in [4.78, 5) is 0. The van der Waals surface area contributed by atoms with Gasteiger partial charge in [-0.1, -0.05) is 81.4 Å². The summed E-state index contributed by atoms with van der Waals surface area (Å²) < 4.78 is 12.5. The number of hydrogen-bond acceptors (Lipinski definition) is 4. The molecule has 2 N–H and O–H groups in total. The number of rotatable bonds is 14. The Morgan fingerprint density at radius 1 is 0.909 bits per heavy atom. The molecule has 0 saturated heterocycles. The molecule has 0 saturated carbocycles. The van der Waals surface area contributed by atoms with Crippen LogP contribution in [-0.2, 0) is 15.8 Å². The van der Waals surface area contributed by atoms with Crippen LogP contribution >= 0.6 is 0 Å². The summed E-state index contributed by atoms with van der Waals surface area (Å²) in [6, 6.07) is 20.3. The minimum absolute atomic E-state index is 0.0412. The van der Waals surface area contributed by atoms with E-state index >= 15 is 0 Å². The Bertz CT molecular complexity index is 773. The molecule has 2 aromatic carbocycles. The highest BCUT2D eigenvalue weighted by Crippen LogP contribution is 2.38. The van der Waals surface area contributed by atoms with E-state index < -0.39 is 14.4 Å². The predicted octanol–water partition coefficient (Wildman–Crippen LogP) is 6.15. The van der Waals surface area contributed by atoms with Gasteiger partial charge in [-0.25, -0.2) is 0 Å². The summed E-state index contributed by atoms with van der Waals surface area (Å²) in [6.45, 7) is 13.0. The van der Waals surface area contributed by atoms with E-state index in [0.717, 1.165) is 24.0 Å². The summed E-state index contributed by atoms with van der Waals surface area (Å²) in [5, 5.41) is 21.1. The first-order valence-corrected chi connectivity index (χ1v) is 15.2. The fraction of sp³-hybridized carbons (Fsp3) is 0.571. The number of hydrogen-bond donors (Lipinski definition) is 2. The van der Waals surface area contributed by atoms with Crippen molar-refractivity contribution in [1.82, 2.24) is 0 Å². The molecule has 0 aliphatic carbocycles. The molecule has 0 radical (unpaired) electrons. The molecular weight excluding hydrogens is 428 g/mol. The highest BCUT2D eigenvalue weighted by Gasteiger charge is 2.39. The van der Waals surface area contributed by atoms with Crippen molar-refractivity contribution < 1.29 is 19.4 Å². The van der Waals surface area contributed by atoms with Crippen LogP contribution in [0.2, 0.25) is 18.1 Å². The van der Waals surface area contributed by atoms with E-state index in [0.29, 0.717) is 26.2 Å². The van der Waals surface area contributed by atoms with E-state index in [4.69, 9.17) is 9.16 Å². The quantitative estimate of drug-likeness (QED) is 0.256. The van der Waals surface area contributed by atoms with E-state index in [9.17, 15) is 10.2 Å². The third kappa shape index (κ3) is 8.99. The van der Waals surface area contributed by atoms with Gasteiger partial charge in [-0.15, -0.1) is 0 Å². The summed E-state index contributed by atoms with van der Waals surface area (Å²) in [5.74, 6) is -0.0840. The molecule has 3 atom stereocenters. The molecule has 0 amide bonds. The second-order valence-corrected chi connectivity index (χ2v) is 15.3. The van der Waals surface area contributed by atoms with Gasteiger partial charge in [0.05, 0.1) is 12.7 Å². The van der Waals surface area contributed by atoms with Gasteiger partial charge in [-0.3, -0.25) is 0 Å². The Kier molecular flexibility index (Phi) is 11.3. The topological polar surface area (TPSA) is 58.9 Å². The maximum absolute atomic E-state index is 11.6. The van der Waals surface area contributed by atoms with Crippen molar-refractivity contribution in [3.8, 4) is 0 Å². The molecular formula is C28H44O4Si. The minimum atomic E-state index is -1.95. The summed E-state index contributed by atoms with van der Waals surface area (Å²) in [5.41, 5.74) is 2.26. The largest absolute Gasteiger partial charge is 0.416 e. The van der Waals surface area contributed by atoms with Gasteiger partial charge in [0.2, 0.25) is 0 Å². The van der Waals surface area contributed by atoms with E-state index in [1.54, 1.807) is 0 Å². The molecule has 33 heavy (non-hydrogen) atoms. The van der Waals surface area contributed by atoms with Crippen LogP contribution in [0.3, 0.4) is 0 Å². The minimum Gasteiger partial charge on any atom is -0.416 e. The number of ether oxygens (including phenoxy) is 1. The first-order valence-electron chi connectivity index (χ1n) is 12.2. The van der Waals surface area contributed by atoms with E-state index in [2.05, 4.69) is 58.1 Å². The molecule has 0 aromatic heterocycles. The zero-order valence-corrected chi connectivity index (χ0v) is 22.2. The van der Waals surface area contributed by atoms with E-state index in [-0.39, 0.29) is 23.5 Å². The molecule has 0 bridgehead atoms. The highest BCUT2D eigenvalue weighted by atomic mass is 28.4. The molecule has 0 aliphatic rings. The molecule has 0 unspecified atom stereocenters. The van der Waals surface area contributed by atoms with Crippen molar-refractivity contribution >= 4 is 8.32 Å². The van der Waals surface area contributed by atoms with Crippen molar-refractivity contribution in [2.45, 2.75) is 76.8 Å². The monoisotopic (exact) mass is 472 g/mol. The van der Waals surface area contributed by atoms with Gasteiger partial charge < -0.3 is 19.4 Å². The van der Waals surface area contributed by atoms with Crippen molar-refractivity contribution in [1.29, 1.82) is 0 Å². The Labute approximate surface area is 202 Å². The van der Waals surface area contributed by atoms with Gasteiger partial charge in [-0.2, -0.15) is 0 Å². The van der Waals surface area contributed by atoms with Crippen molar-refractivity contribution in [3.05, 3.63) is 71.8 Å². The maximum Gasteiger partial charge on any atom is 0.191 e. The fourth-order valence-electron chi connectivity index (χ4n) is 3.76. The van der Waals surface area contributed by atoms with Crippen molar-refractivity contribution in [3.63, 3.8) is 0 Å². The Hall–Kier alpha value is -1.50. The molecule has 4 nitrogen and oxygen atoms in total. The standard InChI is InChI=1S/C28H44O4Si/c1-28(2,3)33(4,5)32-22-25(18-20-31-21-23-13-8-6-9-14-23)27(30)26(17-12-19-29)24-15-10-7-11-16-24/h6-11,13-16,25-27,29-30H,12,17-22H2,1-5H3/t25-,26+,27-/m1/s1. The third-order valence-corrected chi connectivity index (χ3v) is 11.5. The van der Waals surface area contributed by atoms with Crippen LogP contribution in [0, 0.1) is 5.92 Å². The van der Waals surface area contributed by atoms with E-state index in [1.807, 2.05) is 36.4 Å². The van der Waals surface area contributed by atoms with Crippen LogP contribution in [0.15, 0.2) is 60.7 Å². The van der Waals surface area contributed by atoms with Crippen LogP contribution in [0.5, 0.6) is 0 Å². The average Bonchev–Trinajstić information content (AvgIpc) is 2.79. The highest BCUT2D eigenvalue weighted by molar-refractivity contribution is 6.74. The summed E-state index contributed by atoms with van der Waals surface area (Å²) in [7, 11) is -1.95. The van der Waals surface area contributed by atoms with Crippen LogP contribution in [0.1, 0.15) is 57.1 Å². The molecule has 0 aliphatic heterocycles. The molecule has 0 fully saturated rings. The SMILES string of the molecule is CC(C)(C)[Si](C)(C)OC[C@@H](CCOCc1ccccc1)[C@@H](O)[C@@H](CCCO)c1ccccc1. The lowest BCUT2D eigenvalue weighted by Gasteiger charge is -2.39. The van der Waals surface area contributed by atoms with Gasteiger partial charge in [0, 0.05) is 31.7 Å². The molecule has 5 heteroatoms. The lowest BCUT2D eigenvalue weighted by molar-refractivity contribution is 0.0186. The van der Waals surface area contributed by atoms with Crippen molar-refractivity contribution in [2.24, 2.45) is 5.92 Å². The lowest BCUT2D eigenvalue weighted by atomic mass is 9.82. The van der Waals surface area contributed by atoms with Gasteiger partial charge in [0.1, 0.15) is 0 Å². The van der Waals surface area contributed by atoms with Crippen molar-refractivity contribution in [2.75, 3.05) is 19.8 Å². The Morgan fingerprint density at radius 3 is 2.09 bits per heavy atom. The average molecular weight is 473 g/mol. The maximum atomic E-state index is 11.6. The van der Waals surface area contributed by atoms with Gasteiger partial charge in [0.15, 0.2) is 8.32 Å². The van der Waals surface area contributed by atoms with Gasteiger partial charge in [0.25, 0.3) is 0 Å². The fourth-order valence-corrected chi connectivity index (χ4v) is 4.82. The molecule has 2 rings (SSSR count). The van der Waals surface area contributed by atoms with Gasteiger partial charge >= 0.3 is 0 Å². The van der Waals surface area contributed by atoms with E-state index in [1.165, 1.54) is 0 Å². The lowest BCUT2D eigenvalue weighted by Crippen LogP contribution is -2.44. The first-order chi connectivity index (χ1) is 15.7. The Balaban J connectivity index is 2.12. The molecule has 0 heterocycles. The molecule has 184 valence electrons. The van der Waals surface area contributed by atoms with Gasteiger partial charge in [-0.05, 0) is 48.5 Å². The van der Waals surface area contributed by atoms with Crippen LogP contribution < -0.4 is 0 Å². The second-order valence-electron chi connectivity index (χ2n) is 10.5. The number of aliphatic hydroxyl groups excluding tert-OH is 2. The zero-order valence-electron chi connectivity index (χ0n) is 21.2. The predicted molar refractivity (Wildman–Crippen MR) is 139 cm³/mol. The van der Waals surface area contributed by atoms with Crippen LogP contribution in [0.4, 0.5) is 0 Å².